The van der Waals surface area contributed by atoms with E-state index in [1.165, 1.54) is 18.2 Å². The fourth-order valence-corrected chi connectivity index (χ4v) is 1.72. The molecule has 0 aliphatic carbocycles. The summed E-state index contributed by atoms with van der Waals surface area (Å²) in [5, 5.41) is 4.57. The quantitative estimate of drug-likeness (QED) is 0.585. The Balaban J connectivity index is 2.06. The molecule has 2 amide bonds. The zero-order chi connectivity index (χ0) is 15.4. The monoisotopic (exact) mass is 287 g/mol. The molecule has 21 heavy (non-hydrogen) atoms. The summed E-state index contributed by atoms with van der Waals surface area (Å²) in [6.45, 7) is 1.85. The van der Waals surface area contributed by atoms with Crippen molar-refractivity contribution >= 4 is 28.9 Å². The fraction of sp³-hybridized carbons (Fsp3) is 0.0667. The summed E-state index contributed by atoms with van der Waals surface area (Å²) in [4.78, 5) is 23.5. The summed E-state index contributed by atoms with van der Waals surface area (Å²) in [7, 11) is 0. The third-order valence-electron chi connectivity index (χ3n) is 2.78. The summed E-state index contributed by atoms with van der Waals surface area (Å²) in [5.41, 5.74) is 7.29. The molecule has 0 aromatic heterocycles. The summed E-state index contributed by atoms with van der Waals surface area (Å²) < 4.78 is 13.4. The van der Waals surface area contributed by atoms with Crippen LogP contribution in [0, 0.1) is 12.7 Å². The molecule has 108 valence electrons. The topological polar surface area (TPSA) is 84.2 Å². The average Bonchev–Trinajstić information content (AvgIpc) is 2.44. The third-order valence-corrected chi connectivity index (χ3v) is 2.78. The highest BCUT2D eigenvalue weighted by Gasteiger charge is 2.16. The first-order valence-corrected chi connectivity index (χ1v) is 6.20. The molecule has 0 spiro atoms. The van der Waals surface area contributed by atoms with Crippen molar-refractivity contribution in [3.8, 4) is 0 Å². The minimum atomic E-state index is -0.972. The highest BCUT2D eigenvalue weighted by atomic mass is 19.1. The van der Waals surface area contributed by atoms with Gasteiger partial charge in [-0.15, -0.1) is 0 Å². The van der Waals surface area contributed by atoms with Crippen LogP contribution < -0.4 is 16.4 Å². The molecular weight excluding hydrogens is 273 g/mol. The van der Waals surface area contributed by atoms with E-state index in [-0.39, 0.29) is 5.69 Å². The number of aryl methyl sites for hydroxylation is 1. The van der Waals surface area contributed by atoms with Gasteiger partial charge >= 0.3 is 11.8 Å². The van der Waals surface area contributed by atoms with Crippen LogP contribution in [0.5, 0.6) is 0 Å². The van der Waals surface area contributed by atoms with Crippen LogP contribution in [-0.4, -0.2) is 11.8 Å². The number of amides is 2. The molecule has 0 heterocycles. The highest BCUT2D eigenvalue weighted by Crippen LogP contribution is 2.19. The van der Waals surface area contributed by atoms with E-state index >= 15 is 0 Å². The lowest BCUT2D eigenvalue weighted by Crippen LogP contribution is -2.29. The second-order valence-electron chi connectivity index (χ2n) is 4.48. The van der Waals surface area contributed by atoms with Crippen molar-refractivity contribution in [3.05, 3.63) is 53.8 Å². The number of para-hydroxylation sites is 1. The predicted molar refractivity (Wildman–Crippen MR) is 79.3 cm³/mol. The third kappa shape index (κ3) is 3.56. The Kier molecular flexibility index (Phi) is 4.18. The van der Waals surface area contributed by atoms with E-state index in [4.69, 9.17) is 5.73 Å². The number of hydrogen-bond donors (Lipinski definition) is 3. The van der Waals surface area contributed by atoms with Crippen molar-refractivity contribution in [2.45, 2.75) is 6.92 Å². The van der Waals surface area contributed by atoms with Crippen molar-refractivity contribution in [3.63, 3.8) is 0 Å². The van der Waals surface area contributed by atoms with Gasteiger partial charge in [0.1, 0.15) is 5.82 Å². The molecule has 0 aliphatic rings. The van der Waals surface area contributed by atoms with Crippen LogP contribution in [0.2, 0.25) is 0 Å². The highest BCUT2D eigenvalue weighted by molar-refractivity contribution is 6.43. The van der Waals surface area contributed by atoms with Crippen LogP contribution >= 0.6 is 0 Å². The van der Waals surface area contributed by atoms with Crippen molar-refractivity contribution in [1.29, 1.82) is 0 Å². The zero-order valence-corrected chi connectivity index (χ0v) is 11.3. The largest absolute Gasteiger partial charge is 0.397 e. The van der Waals surface area contributed by atoms with Gasteiger partial charge in [0.25, 0.3) is 0 Å². The van der Waals surface area contributed by atoms with Crippen LogP contribution in [0.4, 0.5) is 21.5 Å². The number of carbonyl (C=O) groups excluding carboxylic acids is 2. The molecule has 0 fully saturated rings. The number of rotatable bonds is 2. The summed E-state index contributed by atoms with van der Waals surface area (Å²) >= 11 is 0. The first-order chi connectivity index (χ1) is 9.97. The fourth-order valence-electron chi connectivity index (χ4n) is 1.72. The SMILES string of the molecule is Cc1ccc(NC(=O)C(=O)Nc2ccccc2F)c(N)c1. The number of halogens is 1. The van der Waals surface area contributed by atoms with E-state index in [0.29, 0.717) is 11.4 Å². The lowest BCUT2D eigenvalue weighted by atomic mass is 10.2. The summed E-state index contributed by atoms with van der Waals surface area (Å²) in [6, 6.07) is 10.6. The van der Waals surface area contributed by atoms with E-state index in [0.717, 1.165) is 5.56 Å². The minimum Gasteiger partial charge on any atom is -0.397 e. The Morgan fingerprint density at radius 3 is 2.24 bits per heavy atom. The molecule has 0 saturated carbocycles. The van der Waals surface area contributed by atoms with E-state index < -0.39 is 17.6 Å². The number of hydrogen-bond acceptors (Lipinski definition) is 3. The van der Waals surface area contributed by atoms with Crippen molar-refractivity contribution < 1.29 is 14.0 Å². The van der Waals surface area contributed by atoms with Gasteiger partial charge in [-0.05, 0) is 36.8 Å². The van der Waals surface area contributed by atoms with Crippen molar-refractivity contribution in [1.82, 2.24) is 0 Å². The number of benzene rings is 2. The smallest absolute Gasteiger partial charge is 0.314 e. The summed E-state index contributed by atoms with van der Waals surface area (Å²) in [5.74, 6) is -2.51. The molecule has 6 heteroatoms. The van der Waals surface area contributed by atoms with Gasteiger partial charge in [0.15, 0.2) is 0 Å². The van der Waals surface area contributed by atoms with Gasteiger partial charge in [-0.25, -0.2) is 4.39 Å². The molecule has 4 N–H and O–H groups in total. The van der Waals surface area contributed by atoms with Crippen LogP contribution in [0.1, 0.15) is 5.56 Å². The molecule has 0 atom stereocenters. The normalized spacial score (nSPS) is 10.0. The van der Waals surface area contributed by atoms with Crippen molar-refractivity contribution in [2.24, 2.45) is 0 Å². The van der Waals surface area contributed by atoms with Crippen LogP contribution in [0.3, 0.4) is 0 Å². The molecule has 0 unspecified atom stereocenters. The molecule has 2 rings (SSSR count). The predicted octanol–water partition coefficient (Wildman–Crippen LogP) is 2.29. The van der Waals surface area contributed by atoms with Crippen LogP contribution in [0.25, 0.3) is 0 Å². The maximum Gasteiger partial charge on any atom is 0.314 e. The molecule has 2 aromatic rings. The first-order valence-electron chi connectivity index (χ1n) is 6.20. The van der Waals surface area contributed by atoms with E-state index in [1.807, 2.05) is 6.92 Å². The Morgan fingerprint density at radius 1 is 1.00 bits per heavy atom. The summed E-state index contributed by atoms with van der Waals surface area (Å²) in [6.07, 6.45) is 0. The molecule has 0 bridgehead atoms. The Bertz CT molecular complexity index is 701. The van der Waals surface area contributed by atoms with Gasteiger partial charge in [-0.2, -0.15) is 0 Å². The maximum atomic E-state index is 13.4. The lowest BCUT2D eigenvalue weighted by molar-refractivity contribution is -0.133. The Morgan fingerprint density at radius 2 is 1.62 bits per heavy atom. The molecule has 0 aliphatic heterocycles. The van der Waals surface area contributed by atoms with Crippen molar-refractivity contribution in [2.75, 3.05) is 16.4 Å². The molecule has 0 saturated heterocycles. The van der Waals surface area contributed by atoms with E-state index in [2.05, 4.69) is 10.6 Å². The number of nitrogens with one attached hydrogen (secondary N) is 2. The lowest BCUT2D eigenvalue weighted by Gasteiger charge is -2.09. The van der Waals surface area contributed by atoms with Crippen LogP contribution in [-0.2, 0) is 9.59 Å². The van der Waals surface area contributed by atoms with Gasteiger partial charge in [0, 0.05) is 0 Å². The molecular formula is C15H14FN3O2. The Labute approximate surface area is 121 Å². The number of anilines is 3. The number of nitrogen functional groups attached to an aromatic ring is 1. The Hall–Kier alpha value is -2.89. The first kappa shape index (κ1) is 14.5. The second-order valence-corrected chi connectivity index (χ2v) is 4.48. The van der Waals surface area contributed by atoms with Gasteiger partial charge in [0.2, 0.25) is 0 Å². The van der Waals surface area contributed by atoms with Gasteiger partial charge in [-0.3, -0.25) is 9.59 Å². The van der Waals surface area contributed by atoms with Gasteiger partial charge < -0.3 is 16.4 Å². The van der Waals surface area contributed by atoms with E-state index in [1.54, 1.807) is 24.3 Å². The van der Waals surface area contributed by atoms with Crippen LogP contribution in [0.15, 0.2) is 42.5 Å². The van der Waals surface area contributed by atoms with Gasteiger partial charge in [0.05, 0.1) is 17.1 Å². The molecule has 5 nitrogen and oxygen atoms in total. The minimum absolute atomic E-state index is 0.0606. The molecule has 0 radical (unpaired) electrons. The number of carbonyl (C=O) groups is 2. The van der Waals surface area contributed by atoms with Gasteiger partial charge in [-0.1, -0.05) is 18.2 Å². The van der Waals surface area contributed by atoms with E-state index in [9.17, 15) is 14.0 Å². The average molecular weight is 287 g/mol. The molecule has 2 aromatic carbocycles. The maximum absolute atomic E-state index is 13.4. The standard InChI is InChI=1S/C15H14FN3O2/c1-9-6-7-13(11(17)8-9)19-15(21)14(20)18-12-5-3-2-4-10(12)16/h2-8H,17H2,1H3,(H,18,20)(H,19,21). The number of nitrogens with two attached hydrogens (primary N) is 1. The second kappa shape index (κ2) is 6.04. The zero-order valence-electron chi connectivity index (χ0n) is 11.3.